The van der Waals surface area contributed by atoms with Crippen LogP contribution in [0, 0.1) is 5.92 Å². The zero-order valence-corrected chi connectivity index (χ0v) is 11.8. The van der Waals surface area contributed by atoms with Gasteiger partial charge in [0, 0.05) is 45.4 Å². The van der Waals surface area contributed by atoms with Crippen molar-refractivity contribution < 1.29 is 9.47 Å². The Bertz CT molecular complexity index is 315. The van der Waals surface area contributed by atoms with Crippen LogP contribution < -0.4 is 0 Å². The molecule has 0 radical (unpaired) electrons. The summed E-state index contributed by atoms with van der Waals surface area (Å²) in [4.78, 5) is 5.29. The van der Waals surface area contributed by atoms with Gasteiger partial charge in [0.1, 0.15) is 0 Å². The van der Waals surface area contributed by atoms with Crippen LogP contribution >= 0.6 is 0 Å². The highest BCUT2D eigenvalue weighted by atomic mass is 16.5. The van der Waals surface area contributed by atoms with Gasteiger partial charge in [0.05, 0.1) is 18.8 Å². The Morgan fingerprint density at radius 2 is 1.89 bits per heavy atom. The Morgan fingerprint density at radius 3 is 2.68 bits per heavy atom. The Morgan fingerprint density at radius 1 is 0.947 bits per heavy atom. The Labute approximate surface area is 116 Å². The van der Waals surface area contributed by atoms with Gasteiger partial charge in [0.15, 0.2) is 0 Å². The summed E-state index contributed by atoms with van der Waals surface area (Å²) in [7, 11) is 0. The van der Waals surface area contributed by atoms with Gasteiger partial charge in [-0.1, -0.05) is 0 Å². The molecule has 0 aromatic carbocycles. The fourth-order valence-electron chi connectivity index (χ4n) is 3.93. The van der Waals surface area contributed by atoms with Crippen LogP contribution in [-0.2, 0) is 9.47 Å². The minimum atomic E-state index is 0.453. The molecule has 0 aromatic rings. The van der Waals surface area contributed by atoms with Crippen molar-refractivity contribution in [2.24, 2.45) is 5.92 Å². The van der Waals surface area contributed by atoms with E-state index in [1.807, 2.05) is 0 Å². The summed E-state index contributed by atoms with van der Waals surface area (Å²) in [5.74, 6) is 0.992. The average Bonchev–Trinajstić information content (AvgIpc) is 2.90. The monoisotopic (exact) mass is 266 g/mol. The van der Waals surface area contributed by atoms with Crippen molar-refractivity contribution >= 4 is 0 Å². The second-order valence-electron chi connectivity index (χ2n) is 6.77. The van der Waals surface area contributed by atoms with Crippen LogP contribution in [0.5, 0.6) is 0 Å². The van der Waals surface area contributed by atoms with Gasteiger partial charge in [-0.25, -0.2) is 0 Å². The van der Waals surface area contributed by atoms with E-state index in [1.54, 1.807) is 0 Å². The third-order valence-electron chi connectivity index (χ3n) is 5.17. The first-order chi connectivity index (χ1) is 9.38. The molecule has 0 N–H and O–H groups in total. The van der Waals surface area contributed by atoms with E-state index in [0.717, 1.165) is 38.8 Å². The van der Waals surface area contributed by atoms with Crippen molar-refractivity contribution in [3.8, 4) is 0 Å². The van der Waals surface area contributed by atoms with Gasteiger partial charge in [-0.05, 0) is 31.6 Å². The van der Waals surface area contributed by atoms with E-state index in [1.165, 1.54) is 38.8 Å². The van der Waals surface area contributed by atoms with Crippen molar-refractivity contribution in [1.29, 1.82) is 0 Å². The van der Waals surface area contributed by atoms with Crippen molar-refractivity contribution in [2.75, 3.05) is 45.9 Å². The topological polar surface area (TPSA) is 24.9 Å². The number of fused-ring (bicyclic) bond motifs is 1. The number of hydrogen-bond acceptors (Lipinski definition) is 4. The molecule has 0 spiro atoms. The normalized spacial score (nSPS) is 40.7. The zero-order chi connectivity index (χ0) is 12.7. The molecule has 1 aliphatic carbocycles. The molecule has 4 aliphatic rings. The van der Waals surface area contributed by atoms with Gasteiger partial charge in [-0.15, -0.1) is 0 Å². The maximum absolute atomic E-state index is 6.00. The molecule has 0 unspecified atom stereocenters. The summed E-state index contributed by atoms with van der Waals surface area (Å²) < 4.78 is 11.8. The summed E-state index contributed by atoms with van der Waals surface area (Å²) in [6.07, 6.45) is 6.33. The van der Waals surface area contributed by atoms with Crippen LogP contribution in [0.25, 0.3) is 0 Å². The highest BCUT2D eigenvalue weighted by Gasteiger charge is 2.42. The molecule has 0 bridgehead atoms. The van der Waals surface area contributed by atoms with Crippen molar-refractivity contribution in [1.82, 2.24) is 9.80 Å². The first-order valence-corrected chi connectivity index (χ1v) is 8.08. The molecule has 4 nitrogen and oxygen atoms in total. The number of ether oxygens (including phenoxy) is 2. The minimum Gasteiger partial charge on any atom is -0.377 e. The van der Waals surface area contributed by atoms with Crippen LogP contribution in [0.1, 0.15) is 25.7 Å². The molecule has 108 valence electrons. The first kappa shape index (κ1) is 12.6. The predicted molar refractivity (Wildman–Crippen MR) is 73.2 cm³/mol. The molecule has 4 fully saturated rings. The second kappa shape index (κ2) is 5.32. The SMILES string of the molecule is C1CO[C@@H](CN2CCO[C@H]3CN(CC4CC4)C[C@H]32)C1. The summed E-state index contributed by atoms with van der Waals surface area (Å²) in [5.41, 5.74) is 0. The molecule has 0 aromatic heterocycles. The lowest BCUT2D eigenvalue weighted by molar-refractivity contribution is -0.0615. The quantitative estimate of drug-likeness (QED) is 0.757. The Kier molecular flexibility index (Phi) is 3.52. The van der Waals surface area contributed by atoms with Crippen molar-refractivity contribution in [3.05, 3.63) is 0 Å². The number of hydrogen-bond donors (Lipinski definition) is 0. The van der Waals surface area contributed by atoms with E-state index < -0.39 is 0 Å². The van der Waals surface area contributed by atoms with Gasteiger partial charge in [-0.3, -0.25) is 9.80 Å². The van der Waals surface area contributed by atoms with E-state index in [0.29, 0.717) is 18.2 Å². The summed E-state index contributed by atoms with van der Waals surface area (Å²) >= 11 is 0. The van der Waals surface area contributed by atoms with Crippen LogP contribution in [0.15, 0.2) is 0 Å². The second-order valence-corrected chi connectivity index (χ2v) is 6.77. The van der Waals surface area contributed by atoms with Gasteiger partial charge >= 0.3 is 0 Å². The molecule has 3 heterocycles. The third-order valence-corrected chi connectivity index (χ3v) is 5.17. The van der Waals surface area contributed by atoms with Crippen LogP contribution in [-0.4, -0.2) is 74.0 Å². The molecular weight excluding hydrogens is 240 g/mol. The lowest BCUT2D eigenvalue weighted by Gasteiger charge is -2.38. The highest BCUT2D eigenvalue weighted by Crippen LogP contribution is 2.32. The smallest absolute Gasteiger partial charge is 0.0869 e. The largest absolute Gasteiger partial charge is 0.377 e. The molecule has 4 rings (SSSR count). The Balaban J connectivity index is 1.35. The molecular formula is C15H26N2O2. The van der Waals surface area contributed by atoms with Crippen LogP contribution in [0.2, 0.25) is 0 Å². The standard InChI is InChI=1S/C15H26N2O2/c1-2-13(18-6-1)9-17-5-7-19-15-11-16(10-14(15)17)8-12-3-4-12/h12-15H,1-11H2/t13-,14-,15+/m1/s1. The van der Waals surface area contributed by atoms with Crippen LogP contribution in [0.3, 0.4) is 0 Å². The molecule has 0 amide bonds. The third kappa shape index (κ3) is 2.82. The van der Waals surface area contributed by atoms with E-state index in [-0.39, 0.29) is 0 Å². The number of likely N-dealkylation sites (tertiary alicyclic amines) is 1. The van der Waals surface area contributed by atoms with Gasteiger partial charge < -0.3 is 9.47 Å². The molecule has 4 heteroatoms. The maximum atomic E-state index is 6.00. The Hall–Kier alpha value is -0.160. The van der Waals surface area contributed by atoms with Crippen molar-refractivity contribution in [3.63, 3.8) is 0 Å². The first-order valence-electron chi connectivity index (χ1n) is 8.08. The fraction of sp³-hybridized carbons (Fsp3) is 1.00. The van der Waals surface area contributed by atoms with Gasteiger partial charge in [-0.2, -0.15) is 0 Å². The number of nitrogens with zero attached hydrogens (tertiary/aromatic N) is 2. The highest BCUT2D eigenvalue weighted by molar-refractivity contribution is 4.96. The summed E-state index contributed by atoms with van der Waals surface area (Å²) in [6.45, 7) is 7.78. The molecule has 1 saturated carbocycles. The van der Waals surface area contributed by atoms with Crippen molar-refractivity contribution in [2.45, 2.75) is 43.9 Å². The summed E-state index contributed by atoms with van der Waals surface area (Å²) in [5, 5.41) is 0. The zero-order valence-electron chi connectivity index (χ0n) is 11.8. The number of rotatable bonds is 4. The molecule has 3 aliphatic heterocycles. The van der Waals surface area contributed by atoms with E-state index in [9.17, 15) is 0 Å². The fourth-order valence-corrected chi connectivity index (χ4v) is 3.93. The lowest BCUT2D eigenvalue weighted by atomic mass is 10.1. The number of morpholine rings is 1. The van der Waals surface area contributed by atoms with Gasteiger partial charge in [0.25, 0.3) is 0 Å². The molecule has 3 saturated heterocycles. The van der Waals surface area contributed by atoms with E-state index >= 15 is 0 Å². The minimum absolute atomic E-state index is 0.453. The van der Waals surface area contributed by atoms with Gasteiger partial charge in [0.2, 0.25) is 0 Å². The van der Waals surface area contributed by atoms with E-state index in [2.05, 4.69) is 9.80 Å². The summed E-state index contributed by atoms with van der Waals surface area (Å²) in [6, 6.07) is 0.622. The molecule has 3 atom stereocenters. The van der Waals surface area contributed by atoms with Crippen LogP contribution in [0.4, 0.5) is 0 Å². The average molecular weight is 266 g/mol. The van der Waals surface area contributed by atoms with E-state index in [4.69, 9.17) is 9.47 Å². The lowest BCUT2D eigenvalue weighted by Crippen LogP contribution is -2.52. The maximum Gasteiger partial charge on any atom is 0.0869 e. The predicted octanol–water partition coefficient (Wildman–Crippen LogP) is 0.960. The molecule has 19 heavy (non-hydrogen) atoms.